The van der Waals surface area contributed by atoms with Crippen LogP contribution in [0.25, 0.3) is 0 Å². The molecule has 4 N–H and O–H groups in total. The van der Waals surface area contributed by atoms with Gasteiger partial charge in [0.15, 0.2) is 0 Å². The first-order valence-electron chi connectivity index (χ1n) is 5.11. The van der Waals surface area contributed by atoms with E-state index in [4.69, 9.17) is 5.73 Å². The fourth-order valence-corrected chi connectivity index (χ4v) is 3.89. The summed E-state index contributed by atoms with van der Waals surface area (Å²) in [6.45, 7) is 0.565. The van der Waals surface area contributed by atoms with Crippen LogP contribution in [0.1, 0.15) is 10.6 Å². The number of sulfonamides is 1. The molecule has 0 aliphatic heterocycles. The van der Waals surface area contributed by atoms with Gasteiger partial charge in [-0.05, 0) is 28.1 Å². The lowest BCUT2D eigenvalue weighted by molar-refractivity contribution is 0.582. The van der Waals surface area contributed by atoms with Crippen molar-refractivity contribution in [3.63, 3.8) is 0 Å². The molecule has 2 aromatic rings. The van der Waals surface area contributed by atoms with Gasteiger partial charge in [-0.15, -0.1) is 11.3 Å². The average molecular weight is 350 g/mol. The zero-order valence-electron chi connectivity index (χ0n) is 9.31. The van der Waals surface area contributed by atoms with Gasteiger partial charge in [0.05, 0.1) is 4.90 Å². The van der Waals surface area contributed by atoms with Crippen molar-refractivity contribution >= 4 is 37.3 Å². The zero-order valence-corrected chi connectivity index (χ0v) is 12.5. The number of nitrogens with one attached hydrogen (secondary N) is 2. The summed E-state index contributed by atoms with van der Waals surface area (Å²) in [6.07, 6.45) is 1.44. The highest BCUT2D eigenvalue weighted by molar-refractivity contribution is 9.10. The Kier molecular flexibility index (Phi) is 4.23. The van der Waals surface area contributed by atoms with E-state index in [1.807, 2.05) is 11.4 Å². The molecular weight excluding hydrogens is 338 g/mol. The smallest absolute Gasteiger partial charge is 0.242 e. The number of aromatic amines is 1. The highest BCUT2D eigenvalue weighted by atomic mass is 79.9. The van der Waals surface area contributed by atoms with E-state index < -0.39 is 10.0 Å². The lowest BCUT2D eigenvalue weighted by Crippen LogP contribution is -2.22. The van der Waals surface area contributed by atoms with E-state index in [-0.39, 0.29) is 18.0 Å². The van der Waals surface area contributed by atoms with Crippen LogP contribution < -0.4 is 10.5 Å². The summed E-state index contributed by atoms with van der Waals surface area (Å²) in [4.78, 5) is 3.97. The van der Waals surface area contributed by atoms with Crippen LogP contribution >= 0.6 is 27.3 Å². The number of hydrogen-bond donors (Lipinski definition) is 3. The first-order valence-corrected chi connectivity index (χ1v) is 8.27. The molecule has 2 rings (SSSR count). The topological polar surface area (TPSA) is 88.0 Å². The van der Waals surface area contributed by atoms with Gasteiger partial charge in [-0.1, -0.05) is 0 Å². The molecule has 18 heavy (non-hydrogen) atoms. The summed E-state index contributed by atoms with van der Waals surface area (Å²) in [5.41, 5.74) is 6.11. The van der Waals surface area contributed by atoms with Crippen LogP contribution in [0.15, 0.2) is 33.1 Å². The van der Waals surface area contributed by atoms with Gasteiger partial charge in [-0.25, -0.2) is 13.1 Å². The molecule has 0 spiro atoms. The summed E-state index contributed by atoms with van der Waals surface area (Å²) >= 11 is 4.82. The van der Waals surface area contributed by atoms with Crippen molar-refractivity contribution in [2.75, 3.05) is 0 Å². The molecule has 0 aromatic carbocycles. The largest absolute Gasteiger partial charge is 0.363 e. The molecule has 0 aliphatic rings. The molecule has 0 aliphatic carbocycles. The van der Waals surface area contributed by atoms with Crippen LogP contribution in [0.2, 0.25) is 0 Å². The van der Waals surface area contributed by atoms with Crippen molar-refractivity contribution < 1.29 is 8.42 Å². The summed E-state index contributed by atoms with van der Waals surface area (Å²) in [6, 6.07) is 3.42. The number of rotatable bonds is 5. The Labute approximate surface area is 118 Å². The van der Waals surface area contributed by atoms with Gasteiger partial charge in [0.1, 0.15) is 0 Å². The van der Waals surface area contributed by atoms with Crippen LogP contribution in [0.3, 0.4) is 0 Å². The molecule has 0 amide bonds. The van der Waals surface area contributed by atoms with Crippen molar-refractivity contribution in [3.05, 3.63) is 38.8 Å². The third kappa shape index (κ3) is 3.21. The molecule has 2 heterocycles. The molecule has 8 heteroatoms. The molecular formula is C10H12BrN3O2S2. The molecule has 0 unspecified atom stereocenters. The van der Waals surface area contributed by atoms with Gasteiger partial charge in [-0.2, -0.15) is 0 Å². The minimum Gasteiger partial charge on any atom is -0.363 e. The number of halogens is 1. The molecule has 0 saturated carbocycles. The van der Waals surface area contributed by atoms with Crippen LogP contribution in [0.4, 0.5) is 0 Å². The number of H-pyrrole nitrogens is 1. The fourth-order valence-electron chi connectivity index (χ4n) is 1.39. The van der Waals surface area contributed by atoms with E-state index in [2.05, 4.69) is 25.6 Å². The second kappa shape index (κ2) is 5.54. The minimum atomic E-state index is -3.48. The standard InChI is InChI=1S/C10H12BrN3O2S2/c11-7-1-9(17-6-7)4-14-18(15,16)10-2-8(3-12)13-5-10/h1-2,5-6,13-14H,3-4,12H2. The predicted molar refractivity (Wildman–Crippen MR) is 74.7 cm³/mol. The maximum absolute atomic E-state index is 12.0. The normalized spacial score (nSPS) is 11.9. The SMILES string of the molecule is NCc1cc(S(=O)(=O)NCc2cc(Br)cs2)c[nH]1. The fraction of sp³-hybridized carbons (Fsp3) is 0.200. The van der Waals surface area contributed by atoms with Gasteiger partial charge in [0, 0.05) is 39.7 Å². The van der Waals surface area contributed by atoms with Crippen molar-refractivity contribution in [2.45, 2.75) is 18.0 Å². The van der Waals surface area contributed by atoms with Gasteiger partial charge in [0.2, 0.25) is 10.0 Å². The van der Waals surface area contributed by atoms with Gasteiger partial charge < -0.3 is 10.7 Å². The van der Waals surface area contributed by atoms with Gasteiger partial charge in [-0.3, -0.25) is 0 Å². The summed E-state index contributed by atoms with van der Waals surface area (Å²) in [5.74, 6) is 0. The lowest BCUT2D eigenvalue weighted by atomic mass is 10.4. The predicted octanol–water partition coefficient (Wildman–Crippen LogP) is 1.78. The summed E-state index contributed by atoms with van der Waals surface area (Å²) in [7, 11) is -3.48. The monoisotopic (exact) mass is 349 g/mol. The van der Waals surface area contributed by atoms with Crippen LogP contribution in [-0.2, 0) is 23.1 Å². The molecule has 98 valence electrons. The Morgan fingerprint density at radius 1 is 1.44 bits per heavy atom. The van der Waals surface area contributed by atoms with Crippen LogP contribution in [-0.4, -0.2) is 13.4 Å². The number of aromatic nitrogens is 1. The Balaban J connectivity index is 2.07. The van der Waals surface area contributed by atoms with E-state index in [1.165, 1.54) is 23.6 Å². The van der Waals surface area contributed by atoms with E-state index in [0.717, 1.165) is 9.35 Å². The van der Waals surface area contributed by atoms with E-state index in [0.29, 0.717) is 5.69 Å². The second-order valence-electron chi connectivity index (χ2n) is 3.62. The molecule has 5 nitrogen and oxygen atoms in total. The maximum Gasteiger partial charge on any atom is 0.242 e. The lowest BCUT2D eigenvalue weighted by Gasteiger charge is -2.02. The van der Waals surface area contributed by atoms with E-state index in [9.17, 15) is 8.42 Å². The molecule has 0 fully saturated rings. The van der Waals surface area contributed by atoms with Crippen molar-refractivity contribution in [3.8, 4) is 0 Å². The average Bonchev–Trinajstić information content (AvgIpc) is 2.95. The highest BCUT2D eigenvalue weighted by Gasteiger charge is 2.15. The summed E-state index contributed by atoms with van der Waals surface area (Å²) < 4.78 is 27.4. The third-order valence-electron chi connectivity index (χ3n) is 2.30. The molecule has 0 radical (unpaired) electrons. The van der Waals surface area contributed by atoms with Crippen molar-refractivity contribution in [2.24, 2.45) is 5.73 Å². The van der Waals surface area contributed by atoms with E-state index >= 15 is 0 Å². The zero-order chi connectivity index (χ0) is 13.2. The molecule has 0 atom stereocenters. The third-order valence-corrected chi connectivity index (χ3v) is 5.38. The summed E-state index contributed by atoms with van der Waals surface area (Å²) in [5, 5.41) is 1.91. The van der Waals surface area contributed by atoms with Crippen LogP contribution in [0, 0.1) is 0 Å². The Hall–Kier alpha value is -0.670. The quantitative estimate of drug-likeness (QED) is 0.768. The number of thiophene rings is 1. The van der Waals surface area contributed by atoms with Crippen molar-refractivity contribution in [1.82, 2.24) is 9.71 Å². The Bertz CT molecular complexity index is 633. The first-order chi connectivity index (χ1) is 8.51. The molecule has 0 saturated heterocycles. The Morgan fingerprint density at radius 3 is 2.78 bits per heavy atom. The molecule has 0 bridgehead atoms. The maximum atomic E-state index is 12.0. The van der Waals surface area contributed by atoms with Crippen LogP contribution in [0.5, 0.6) is 0 Å². The number of nitrogens with two attached hydrogens (primary N) is 1. The molecule has 2 aromatic heterocycles. The van der Waals surface area contributed by atoms with Crippen molar-refractivity contribution in [1.29, 1.82) is 0 Å². The highest BCUT2D eigenvalue weighted by Crippen LogP contribution is 2.20. The Morgan fingerprint density at radius 2 is 2.22 bits per heavy atom. The van der Waals surface area contributed by atoms with Gasteiger partial charge in [0.25, 0.3) is 0 Å². The van der Waals surface area contributed by atoms with E-state index in [1.54, 1.807) is 0 Å². The first kappa shape index (κ1) is 13.8. The minimum absolute atomic E-state index is 0.207. The second-order valence-corrected chi connectivity index (χ2v) is 7.30. The van der Waals surface area contributed by atoms with Gasteiger partial charge >= 0.3 is 0 Å². The number of hydrogen-bond acceptors (Lipinski definition) is 4.